The molecule has 1 aliphatic carbocycles. The van der Waals surface area contributed by atoms with Crippen molar-refractivity contribution in [2.45, 2.75) is 25.3 Å². The molecule has 1 saturated carbocycles. The number of rotatable bonds is 3. The summed E-state index contributed by atoms with van der Waals surface area (Å²) in [5, 5.41) is 12.1. The van der Waals surface area contributed by atoms with E-state index in [1.807, 2.05) is 0 Å². The zero-order valence-corrected chi connectivity index (χ0v) is 9.39. The van der Waals surface area contributed by atoms with Gasteiger partial charge in [0.1, 0.15) is 5.69 Å². The van der Waals surface area contributed by atoms with Crippen molar-refractivity contribution in [1.82, 2.24) is 14.9 Å². The standard InChI is InChI=1S/C11H17N3O2/c1-14-7-12-5-10(14)11(16)13-9-4-2-3-8(9)6-15/h5,7-9,15H,2-4,6H2,1H3,(H,13,16). The second-order valence-corrected chi connectivity index (χ2v) is 4.34. The van der Waals surface area contributed by atoms with Crippen LogP contribution in [0.2, 0.25) is 0 Å². The molecule has 0 bridgehead atoms. The molecule has 16 heavy (non-hydrogen) atoms. The average molecular weight is 223 g/mol. The van der Waals surface area contributed by atoms with E-state index in [2.05, 4.69) is 10.3 Å². The molecule has 0 saturated heterocycles. The number of aliphatic hydroxyl groups is 1. The molecule has 88 valence electrons. The van der Waals surface area contributed by atoms with Gasteiger partial charge in [-0.15, -0.1) is 0 Å². The van der Waals surface area contributed by atoms with Crippen LogP contribution in [-0.2, 0) is 7.05 Å². The summed E-state index contributed by atoms with van der Waals surface area (Å²) in [6.07, 6.45) is 6.18. The van der Waals surface area contributed by atoms with Gasteiger partial charge in [0.15, 0.2) is 0 Å². The van der Waals surface area contributed by atoms with Gasteiger partial charge < -0.3 is 15.0 Å². The molecule has 1 fully saturated rings. The molecular weight excluding hydrogens is 206 g/mol. The maximum Gasteiger partial charge on any atom is 0.269 e. The minimum atomic E-state index is -0.106. The van der Waals surface area contributed by atoms with E-state index in [0.717, 1.165) is 19.3 Å². The number of nitrogens with zero attached hydrogens (tertiary/aromatic N) is 2. The van der Waals surface area contributed by atoms with Gasteiger partial charge in [-0.25, -0.2) is 4.98 Å². The maximum absolute atomic E-state index is 11.9. The Morgan fingerprint density at radius 3 is 3.12 bits per heavy atom. The van der Waals surface area contributed by atoms with E-state index in [1.165, 1.54) is 0 Å². The number of amides is 1. The Hall–Kier alpha value is -1.36. The van der Waals surface area contributed by atoms with Gasteiger partial charge in [0.25, 0.3) is 5.91 Å². The van der Waals surface area contributed by atoms with Gasteiger partial charge in [0, 0.05) is 25.6 Å². The zero-order chi connectivity index (χ0) is 11.5. The van der Waals surface area contributed by atoms with Crippen molar-refractivity contribution in [2.24, 2.45) is 13.0 Å². The summed E-state index contributed by atoms with van der Waals surface area (Å²) in [5.74, 6) is 0.0996. The van der Waals surface area contributed by atoms with Crippen LogP contribution in [0.3, 0.4) is 0 Å². The number of hydrogen-bond donors (Lipinski definition) is 2. The smallest absolute Gasteiger partial charge is 0.269 e. The second kappa shape index (κ2) is 4.65. The van der Waals surface area contributed by atoms with Crippen LogP contribution in [0.1, 0.15) is 29.8 Å². The van der Waals surface area contributed by atoms with Gasteiger partial charge in [-0.3, -0.25) is 4.79 Å². The van der Waals surface area contributed by atoms with Crippen LogP contribution >= 0.6 is 0 Å². The van der Waals surface area contributed by atoms with Crippen molar-refractivity contribution in [2.75, 3.05) is 6.61 Å². The van der Waals surface area contributed by atoms with Gasteiger partial charge in [0.2, 0.25) is 0 Å². The Kier molecular flexibility index (Phi) is 3.24. The van der Waals surface area contributed by atoms with E-state index in [-0.39, 0.29) is 24.5 Å². The summed E-state index contributed by atoms with van der Waals surface area (Å²) in [6, 6.07) is 0.104. The minimum absolute atomic E-state index is 0.104. The quantitative estimate of drug-likeness (QED) is 0.775. The Balaban J connectivity index is 2.00. The molecule has 1 aliphatic rings. The highest BCUT2D eigenvalue weighted by atomic mass is 16.3. The predicted molar refractivity (Wildman–Crippen MR) is 58.9 cm³/mol. The fourth-order valence-electron chi connectivity index (χ4n) is 2.26. The van der Waals surface area contributed by atoms with E-state index in [1.54, 1.807) is 24.1 Å². The Labute approximate surface area is 94.5 Å². The average Bonchev–Trinajstić information content (AvgIpc) is 2.86. The van der Waals surface area contributed by atoms with Gasteiger partial charge >= 0.3 is 0 Å². The molecule has 0 aliphatic heterocycles. The van der Waals surface area contributed by atoms with Gasteiger partial charge in [-0.2, -0.15) is 0 Å². The van der Waals surface area contributed by atoms with Crippen molar-refractivity contribution in [1.29, 1.82) is 0 Å². The summed E-state index contributed by atoms with van der Waals surface area (Å²) in [5.41, 5.74) is 0.559. The van der Waals surface area contributed by atoms with Gasteiger partial charge in [0.05, 0.1) is 12.5 Å². The number of nitrogens with one attached hydrogen (secondary N) is 1. The number of aliphatic hydroxyl groups excluding tert-OH is 1. The molecule has 5 heteroatoms. The molecule has 2 atom stereocenters. The predicted octanol–water partition coefficient (Wildman–Crippen LogP) is 0.311. The normalized spacial score (nSPS) is 24.6. The third kappa shape index (κ3) is 2.09. The van der Waals surface area contributed by atoms with E-state index in [9.17, 15) is 4.79 Å². The largest absolute Gasteiger partial charge is 0.396 e. The third-order valence-corrected chi connectivity index (χ3v) is 3.26. The molecule has 0 radical (unpaired) electrons. The Bertz CT molecular complexity index is 375. The van der Waals surface area contributed by atoms with Crippen molar-refractivity contribution in [3.8, 4) is 0 Å². The van der Waals surface area contributed by atoms with Crippen molar-refractivity contribution in [3.05, 3.63) is 18.2 Å². The lowest BCUT2D eigenvalue weighted by Crippen LogP contribution is -2.39. The minimum Gasteiger partial charge on any atom is -0.396 e. The van der Waals surface area contributed by atoms with Crippen LogP contribution in [0.4, 0.5) is 0 Å². The van der Waals surface area contributed by atoms with Crippen LogP contribution < -0.4 is 5.32 Å². The molecule has 1 amide bonds. The summed E-state index contributed by atoms with van der Waals surface area (Å²) >= 11 is 0. The summed E-state index contributed by atoms with van der Waals surface area (Å²) in [6.45, 7) is 0.149. The van der Waals surface area contributed by atoms with Crippen molar-refractivity contribution >= 4 is 5.91 Å². The van der Waals surface area contributed by atoms with Crippen LogP contribution in [0.15, 0.2) is 12.5 Å². The topological polar surface area (TPSA) is 67.2 Å². The highest BCUT2D eigenvalue weighted by Gasteiger charge is 2.28. The van der Waals surface area contributed by atoms with Crippen molar-refractivity contribution < 1.29 is 9.90 Å². The fraction of sp³-hybridized carbons (Fsp3) is 0.636. The summed E-state index contributed by atoms with van der Waals surface area (Å²) in [4.78, 5) is 15.8. The molecule has 1 aromatic rings. The molecular formula is C11H17N3O2. The highest BCUT2D eigenvalue weighted by molar-refractivity contribution is 5.92. The lowest BCUT2D eigenvalue weighted by Gasteiger charge is -2.18. The van der Waals surface area contributed by atoms with Gasteiger partial charge in [-0.05, 0) is 12.8 Å². The molecule has 1 heterocycles. The van der Waals surface area contributed by atoms with E-state index < -0.39 is 0 Å². The molecule has 2 unspecified atom stereocenters. The fourth-order valence-corrected chi connectivity index (χ4v) is 2.26. The van der Waals surface area contributed by atoms with E-state index >= 15 is 0 Å². The van der Waals surface area contributed by atoms with Crippen LogP contribution in [0.25, 0.3) is 0 Å². The first-order chi connectivity index (χ1) is 7.72. The number of imidazole rings is 1. The second-order valence-electron chi connectivity index (χ2n) is 4.34. The lowest BCUT2D eigenvalue weighted by molar-refractivity contribution is 0.0908. The van der Waals surface area contributed by atoms with Crippen LogP contribution in [-0.4, -0.2) is 33.2 Å². The van der Waals surface area contributed by atoms with E-state index in [0.29, 0.717) is 5.69 Å². The number of carbonyl (C=O) groups excluding carboxylic acids is 1. The number of carbonyl (C=O) groups is 1. The molecule has 0 aromatic carbocycles. The van der Waals surface area contributed by atoms with Crippen molar-refractivity contribution in [3.63, 3.8) is 0 Å². The number of hydrogen-bond acceptors (Lipinski definition) is 3. The van der Waals surface area contributed by atoms with Crippen LogP contribution in [0.5, 0.6) is 0 Å². The highest BCUT2D eigenvalue weighted by Crippen LogP contribution is 2.25. The molecule has 0 spiro atoms. The monoisotopic (exact) mass is 223 g/mol. The lowest BCUT2D eigenvalue weighted by atomic mass is 10.1. The number of aromatic nitrogens is 2. The zero-order valence-electron chi connectivity index (χ0n) is 9.39. The first-order valence-electron chi connectivity index (χ1n) is 5.60. The first-order valence-corrected chi connectivity index (χ1v) is 5.60. The molecule has 1 aromatic heterocycles. The number of aryl methyl sites for hydroxylation is 1. The molecule has 5 nitrogen and oxygen atoms in total. The van der Waals surface area contributed by atoms with Crippen LogP contribution in [0, 0.1) is 5.92 Å². The molecule has 2 rings (SSSR count). The Morgan fingerprint density at radius 2 is 2.50 bits per heavy atom. The van der Waals surface area contributed by atoms with Gasteiger partial charge in [-0.1, -0.05) is 6.42 Å². The summed E-state index contributed by atoms with van der Waals surface area (Å²) in [7, 11) is 1.79. The van der Waals surface area contributed by atoms with E-state index in [4.69, 9.17) is 5.11 Å². The first kappa shape index (κ1) is 11.1. The summed E-state index contributed by atoms with van der Waals surface area (Å²) < 4.78 is 1.69. The Morgan fingerprint density at radius 1 is 1.69 bits per heavy atom. The SMILES string of the molecule is Cn1cncc1C(=O)NC1CCCC1CO. The maximum atomic E-state index is 11.9. The molecule has 2 N–H and O–H groups in total. The third-order valence-electron chi connectivity index (χ3n) is 3.26.